The summed E-state index contributed by atoms with van der Waals surface area (Å²) in [5, 5.41) is 6.65. The Kier molecular flexibility index (Phi) is 10.5. The lowest BCUT2D eigenvalue weighted by atomic mass is 10.1. The number of methoxy groups -OCH3 is 3. The van der Waals surface area contributed by atoms with Crippen molar-refractivity contribution in [3.63, 3.8) is 0 Å². The molecule has 2 N–H and O–H groups in total. The zero-order valence-electron chi connectivity index (χ0n) is 17.2. The van der Waals surface area contributed by atoms with Crippen LogP contribution in [0.3, 0.4) is 0 Å². The van der Waals surface area contributed by atoms with Crippen LogP contribution in [-0.4, -0.2) is 40.9 Å². The number of hydrogen-bond acceptors (Lipinski definition) is 4. The van der Waals surface area contributed by atoms with Crippen LogP contribution in [0.25, 0.3) is 0 Å². The van der Waals surface area contributed by atoms with Crippen LogP contribution in [0.4, 0.5) is 0 Å². The van der Waals surface area contributed by atoms with Crippen LogP contribution in [0.5, 0.6) is 17.2 Å². The molecule has 0 aliphatic rings. The van der Waals surface area contributed by atoms with Crippen molar-refractivity contribution in [1.29, 1.82) is 0 Å². The molecule has 7 heteroatoms. The van der Waals surface area contributed by atoms with E-state index in [1.807, 2.05) is 31.2 Å². The monoisotopic (exact) mass is 499 g/mol. The van der Waals surface area contributed by atoms with Crippen molar-refractivity contribution >= 4 is 29.9 Å². The minimum atomic E-state index is 0. The highest BCUT2D eigenvalue weighted by Gasteiger charge is 2.05. The van der Waals surface area contributed by atoms with Crippen molar-refractivity contribution in [2.24, 2.45) is 4.99 Å². The minimum absolute atomic E-state index is 0. The second-order valence-electron chi connectivity index (χ2n) is 6.10. The van der Waals surface area contributed by atoms with Crippen LogP contribution >= 0.6 is 24.0 Å². The lowest BCUT2D eigenvalue weighted by molar-refractivity contribution is 0.354. The molecule has 0 unspecified atom stereocenters. The molecule has 0 amide bonds. The number of nitrogens with one attached hydrogen (secondary N) is 2. The lowest BCUT2D eigenvalue weighted by Crippen LogP contribution is -2.37. The zero-order chi connectivity index (χ0) is 19.6. The number of benzene rings is 2. The fraction of sp³-hybridized carbons (Fsp3) is 0.381. The van der Waals surface area contributed by atoms with Gasteiger partial charge in [0.05, 0.1) is 21.3 Å². The minimum Gasteiger partial charge on any atom is -0.496 e. The van der Waals surface area contributed by atoms with Crippen LogP contribution < -0.4 is 24.8 Å². The van der Waals surface area contributed by atoms with Crippen molar-refractivity contribution in [2.45, 2.75) is 19.9 Å². The van der Waals surface area contributed by atoms with Gasteiger partial charge in [-0.15, -0.1) is 24.0 Å². The number of rotatable bonds is 8. The highest BCUT2D eigenvalue weighted by atomic mass is 127. The molecule has 0 saturated heterocycles. The van der Waals surface area contributed by atoms with Crippen molar-refractivity contribution in [3.8, 4) is 17.2 Å². The maximum Gasteiger partial charge on any atom is 0.191 e. The first-order valence-electron chi connectivity index (χ1n) is 8.90. The zero-order valence-corrected chi connectivity index (χ0v) is 19.5. The van der Waals surface area contributed by atoms with Gasteiger partial charge >= 0.3 is 0 Å². The van der Waals surface area contributed by atoms with Crippen molar-refractivity contribution in [1.82, 2.24) is 10.6 Å². The Balaban J connectivity index is 0.00000392. The first-order valence-corrected chi connectivity index (χ1v) is 8.90. The molecule has 0 aromatic heterocycles. The van der Waals surface area contributed by atoms with Crippen LogP contribution in [0, 0.1) is 6.92 Å². The highest BCUT2D eigenvalue weighted by Crippen LogP contribution is 2.27. The van der Waals surface area contributed by atoms with E-state index < -0.39 is 0 Å². The van der Waals surface area contributed by atoms with E-state index in [0.29, 0.717) is 6.54 Å². The second-order valence-corrected chi connectivity index (χ2v) is 6.10. The molecular formula is C21H30IN3O3. The van der Waals surface area contributed by atoms with E-state index in [1.54, 1.807) is 28.4 Å². The van der Waals surface area contributed by atoms with E-state index in [2.05, 4.69) is 27.8 Å². The first-order chi connectivity index (χ1) is 13.1. The average molecular weight is 499 g/mol. The molecular weight excluding hydrogens is 469 g/mol. The summed E-state index contributed by atoms with van der Waals surface area (Å²) in [6.45, 7) is 3.46. The van der Waals surface area contributed by atoms with Gasteiger partial charge in [-0.1, -0.05) is 18.2 Å². The molecule has 0 spiro atoms. The fourth-order valence-electron chi connectivity index (χ4n) is 2.74. The summed E-state index contributed by atoms with van der Waals surface area (Å²) < 4.78 is 16.0. The third kappa shape index (κ3) is 6.78. The molecule has 0 aliphatic carbocycles. The van der Waals surface area contributed by atoms with E-state index >= 15 is 0 Å². The van der Waals surface area contributed by atoms with Gasteiger partial charge in [-0.05, 0) is 48.2 Å². The number of aryl methyl sites for hydroxylation is 1. The predicted molar refractivity (Wildman–Crippen MR) is 125 cm³/mol. The molecule has 0 aliphatic heterocycles. The SMILES string of the molecule is CN=C(NCCc1ccc(OC)c(OC)c1)NCc1ccc(C)c(OC)c1.I. The van der Waals surface area contributed by atoms with Crippen molar-refractivity contribution in [2.75, 3.05) is 34.9 Å². The molecule has 0 saturated carbocycles. The molecule has 6 nitrogen and oxygen atoms in total. The maximum atomic E-state index is 5.38. The van der Waals surface area contributed by atoms with Gasteiger partial charge in [0, 0.05) is 20.1 Å². The van der Waals surface area contributed by atoms with Gasteiger partial charge in [0.15, 0.2) is 17.5 Å². The van der Waals surface area contributed by atoms with Crippen LogP contribution in [0.2, 0.25) is 0 Å². The largest absolute Gasteiger partial charge is 0.496 e. The smallest absolute Gasteiger partial charge is 0.191 e. The van der Waals surface area contributed by atoms with E-state index in [0.717, 1.165) is 47.3 Å². The van der Waals surface area contributed by atoms with Gasteiger partial charge in [-0.2, -0.15) is 0 Å². The number of ether oxygens (including phenoxy) is 3. The third-order valence-electron chi connectivity index (χ3n) is 4.31. The van der Waals surface area contributed by atoms with Gasteiger partial charge in [-0.3, -0.25) is 4.99 Å². The molecule has 2 aromatic carbocycles. The quantitative estimate of drug-likeness (QED) is 0.331. The summed E-state index contributed by atoms with van der Waals surface area (Å²) in [6.07, 6.45) is 0.847. The molecule has 0 bridgehead atoms. The molecule has 154 valence electrons. The fourth-order valence-corrected chi connectivity index (χ4v) is 2.74. The van der Waals surface area contributed by atoms with Gasteiger partial charge in [0.2, 0.25) is 0 Å². The summed E-state index contributed by atoms with van der Waals surface area (Å²) in [5.41, 5.74) is 3.43. The van der Waals surface area contributed by atoms with Crippen LogP contribution in [-0.2, 0) is 13.0 Å². The summed E-state index contributed by atoms with van der Waals surface area (Å²) in [7, 11) is 6.74. The van der Waals surface area contributed by atoms with Gasteiger partial charge < -0.3 is 24.8 Å². The second kappa shape index (κ2) is 12.3. The Labute approximate surface area is 184 Å². The molecule has 2 rings (SSSR count). The summed E-state index contributed by atoms with van der Waals surface area (Å²) in [5.74, 6) is 3.13. The van der Waals surface area contributed by atoms with Crippen LogP contribution in [0.15, 0.2) is 41.4 Å². The normalized spacial score (nSPS) is 10.7. The number of hydrogen-bond donors (Lipinski definition) is 2. The summed E-state index contributed by atoms with van der Waals surface area (Å²) in [4.78, 5) is 4.27. The van der Waals surface area contributed by atoms with Crippen molar-refractivity contribution in [3.05, 3.63) is 53.1 Å². The molecule has 0 atom stereocenters. The van der Waals surface area contributed by atoms with E-state index in [1.165, 1.54) is 5.56 Å². The Hall–Kier alpha value is -2.16. The Bertz CT molecular complexity index is 781. The Morgan fingerprint density at radius 1 is 0.857 bits per heavy atom. The number of nitrogens with zero attached hydrogens (tertiary/aromatic N) is 1. The highest BCUT2D eigenvalue weighted by molar-refractivity contribution is 14.0. The number of halogens is 1. The molecule has 2 aromatic rings. The lowest BCUT2D eigenvalue weighted by Gasteiger charge is -2.14. The van der Waals surface area contributed by atoms with Gasteiger partial charge in [-0.25, -0.2) is 0 Å². The number of guanidine groups is 1. The summed E-state index contributed by atoms with van der Waals surface area (Å²) >= 11 is 0. The predicted octanol–water partition coefficient (Wildman–Crippen LogP) is 3.55. The number of aliphatic imine (C=N–C) groups is 1. The molecule has 28 heavy (non-hydrogen) atoms. The first kappa shape index (κ1) is 23.9. The maximum absolute atomic E-state index is 5.38. The standard InChI is InChI=1S/C21H29N3O3.HI/c1-15-6-7-17(13-19(15)26-4)14-24-21(22-2)23-11-10-16-8-9-18(25-3)20(12-16)27-5;/h6-9,12-13H,10-11,14H2,1-5H3,(H2,22,23,24);1H. The van der Waals surface area contributed by atoms with Gasteiger partial charge in [0.1, 0.15) is 5.75 Å². The Morgan fingerprint density at radius 3 is 2.14 bits per heavy atom. The molecule has 0 fully saturated rings. The van der Waals surface area contributed by atoms with E-state index in [4.69, 9.17) is 14.2 Å². The summed E-state index contributed by atoms with van der Waals surface area (Å²) in [6, 6.07) is 12.1. The average Bonchev–Trinajstić information content (AvgIpc) is 2.71. The van der Waals surface area contributed by atoms with Crippen molar-refractivity contribution < 1.29 is 14.2 Å². The Morgan fingerprint density at radius 2 is 1.50 bits per heavy atom. The van der Waals surface area contributed by atoms with Crippen LogP contribution in [0.1, 0.15) is 16.7 Å². The topological polar surface area (TPSA) is 64.1 Å². The van der Waals surface area contributed by atoms with E-state index in [9.17, 15) is 0 Å². The molecule has 0 heterocycles. The van der Waals surface area contributed by atoms with E-state index in [-0.39, 0.29) is 24.0 Å². The van der Waals surface area contributed by atoms with Gasteiger partial charge in [0.25, 0.3) is 0 Å². The third-order valence-corrected chi connectivity index (χ3v) is 4.31. The molecule has 0 radical (unpaired) electrons.